The van der Waals surface area contributed by atoms with Gasteiger partial charge in [-0.1, -0.05) is 6.07 Å². The van der Waals surface area contributed by atoms with Crippen LogP contribution in [0.4, 0.5) is 10.5 Å². The molecule has 23 heavy (non-hydrogen) atoms. The van der Waals surface area contributed by atoms with Gasteiger partial charge in [0.05, 0.1) is 19.4 Å². The predicted octanol–water partition coefficient (Wildman–Crippen LogP) is 2.65. The summed E-state index contributed by atoms with van der Waals surface area (Å²) in [5, 5.41) is 2.70. The Morgan fingerprint density at radius 1 is 1.30 bits per heavy atom. The minimum atomic E-state index is -0.398. The van der Waals surface area contributed by atoms with Crippen molar-refractivity contribution in [3.8, 4) is 0 Å². The number of cyclic esters (lactones) is 1. The van der Waals surface area contributed by atoms with Crippen molar-refractivity contribution >= 4 is 17.7 Å². The fourth-order valence-electron chi connectivity index (χ4n) is 2.43. The zero-order valence-corrected chi connectivity index (χ0v) is 13.0. The standard InChI is InChI=1S/C17H18N2O4/c1-11-5-6-13(8-12(11)2)19-10-14(23-17(19)21)9-18-16(20)15-4-3-7-22-15/h3-8,14H,9-10H2,1-2H3,(H,18,20). The summed E-state index contributed by atoms with van der Waals surface area (Å²) in [4.78, 5) is 25.4. The summed E-state index contributed by atoms with van der Waals surface area (Å²) in [6.45, 7) is 4.67. The Morgan fingerprint density at radius 3 is 2.83 bits per heavy atom. The molecule has 1 aromatic carbocycles. The second kappa shape index (κ2) is 6.16. The fraction of sp³-hybridized carbons (Fsp3) is 0.294. The number of hydrogen-bond donors (Lipinski definition) is 1. The van der Waals surface area contributed by atoms with Crippen molar-refractivity contribution in [1.29, 1.82) is 0 Å². The maximum absolute atomic E-state index is 12.0. The number of furan rings is 1. The molecule has 1 aromatic heterocycles. The van der Waals surface area contributed by atoms with Gasteiger partial charge in [0, 0.05) is 5.69 Å². The van der Waals surface area contributed by atoms with Crippen molar-refractivity contribution < 1.29 is 18.7 Å². The molecule has 120 valence electrons. The van der Waals surface area contributed by atoms with Crippen molar-refractivity contribution in [3.05, 3.63) is 53.5 Å². The summed E-state index contributed by atoms with van der Waals surface area (Å²) in [7, 11) is 0. The molecule has 0 saturated carbocycles. The minimum absolute atomic E-state index is 0.236. The molecule has 0 radical (unpaired) electrons. The van der Waals surface area contributed by atoms with Crippen LogP contribution in [0.5, 0.6) is 0 Å². The largest absolute Gasteiger partial charge is 0.459 e. The lowest BCUT2D eigenvalue weighted by atomic mass is 10.1. The van der Waals surface area contributed by atoms with Crippen LogP contribution < -0.4 is 10.2 Å². The highest BCUT2D eigenvalue weighted by atomic mass is 16.6. The lowest BCUT2D eigenvalue weighted by Gasteiger charge is -2.14. The van der Waals surface area contributed by atoms with E-state index < -0.39 is 6.09 Å². The van der Waals surface area contributed by atoms with E-state index in [1.165, 1.54) is 11.8 Å². The molecule has 6 heteroatoms. The number of hydrogen-bond acceptors (Lipinski definition) is 4. The highest BCUT2D eigenvalue weighted by Crippen LogP contribution is 2.23. The number of nitrogens with zero attached hydrogens (tertiary/aromatic N) is 1. The summed E-state index contributed by atoms with van der Waals surface area (Å²) in [5.74, 6) is -0.0870. The van der Waals surface area contributed by atoms with Crippen LogP contribution in [0.25, 0.3) is 0 Å². The van der Waals surface area contributed by atoms with Crippen LogP contribution in [0.3, 0.4) is 0 Å². The van der Waals surface area contributed by atoms with Crippen LogP contribution in [0.2, 0.25) is 0 Å². The third-order valence-electron chi connectivity index (χ3n) is 3.91. The van der Waals surface area contributed by atoms with E-state index in [9.17, 15) is 9.59 Å². The molecule has 0 aliphatic carbocycles. The number of benzene rings is 1. The third-order valence-corrected chi connectivity index (χ3v) is 3.91. The molecular formula is C17H18N2O4. The van der Waals surface area contributed by atoms with Gasteiger partial charge >= 0.3 is 6.09 Å². The van der Waals surface area contributed by atoms with E-state index in [2.05, 4.69) is 5.32 Å². The molecule has 0 bridgehead atoms. The number of amides is 2. The van der Waals surface area contributed by atoms with Crippen LogP contribution in [0.15, 0.2) is 41.0 Å². The van der Waals surface area contributed by atoms with E-state index in [-0.39, 0.29) is 24.3 Å². The van der Waals surface area contributed by atoms with Crippen LogP contribution >= 0.6 is 0 Å². The Balaban J connectivity index is 1.61. The van der Waals surface area contributed by atoms with Gasteiger partial charge in [0.15, 0.2) is 5.76 Å². The molecule has 1 aliphatic rings. The third kappa shape index (κ3) is 3.21. The first-order valence-electron chi connectivity index (χ1n) is 7.41. The zero-order chi connectivity index (χ0) is 16.4. The van der Waals surface area contributed by atoms with Crippen molar-refractivity contribution in [3.63, 3.8) is 0 Å². The normalized spacial score (nSPS) is 17.2. The first-order chi connectivity index (χ1) is 11.0. The quantitative estimate of drug-likeness (QED) is 0.941. The van der Waals surface area contributed by atoms with Gasteiger partial charge in [-0.2, -0.15) is 0 Å². The van der Waals surface area contributed by atoms with E-state index in [4.69, 9.17) is 9.15 Å². The molecule has 1 aliphatic heterocycles. The molecule has 1 atom stereocenters. The molecule has 6 nitrogen and oxygen atoms in total. The number of anilines is 1. The lowest BCUT2D eigenvalue weighted by Crippen LogP contribution is -2.34. The number of rotatable bonds is 4. The van der Waals surface area contributed by atoms with Gasteiger partial charge in [-0.3, -0.25) is 9.69 Å². The Hall–Kier alpha value is -2.76. The summed E-state index contributed by atoms with van der Waals surface area (Å²) in [5.41, 5.74) is 3.09. The second-order valence-electron chi connectivity index (χ2n) is 5.57. The number of nitrogens with one attached hydrogen (secondary N) is 1. The summed E-state index contributed by atoms with van der Waals surface area (Å²) >= 11 is 0. The smallest absolute Gasteiger partial charge is 0.414 e. The zero-order valence-electron chi connectivity index (χ0n) is 13.0. The van der Waals surface area contributed by atoms with E-state index in [0.717, 1.165) is 11.3 Å². The SMILES string of the molecule is Cc1ccc(N2CC(CNC(=O)c3ccco3)OC2=O)cc1C. The predicted molar refractivity (Wildman–Crippen MR) is 84.6 cm³/mol. The molecule has 1 unspecified atom stereocenters. The van der Waals surface area contributed by atoms with Crippen molar-refractivity contribution in [1.82, 2.24) is 5.32 Å². The van der Waals surface area contributed by atoms with Gasteiger partial charge in [0.25, 0.3) is 5.91 Å². The second-order valence-corrected chi connectivity index (χ2v) is 5.57. The lowest BCUT2D eigenvalue weighted by molar-refractivity contribution is 0.0889. The van der Waals surface area contributed by atoms with Crippen molar-refractivity contribution in [2.24, 2.45) is 0 Å². The maximum Gasteiger partial charge on any atom is 0.414 e. The molecule has 2 amide bonds. The average Bonchev–Trinajstić information content (AvgIpc) is 3.17. The molecule has 2 aromatic rings. The van der Waals surface area contributed by atoms with Gasteiger partial charge in [0.1, 0.15) is 6.10 Å². The average molecular weight is 314 g/mol. The Morgan fingerprint density at radius 2 is 2.13 bits per heavy atom. The molecule has 3 rings (SSSR count). The van der Waals surface area contributed by atoms with Gasteiger partial charge in [0.2, 0.25) is 0 Å². The van der Waals surface area contributed by atoms with Crippen LogP contribution in [0, 0.1) is 13.8 Å². The molecule has 1 fully saturated rings. The molecule has 1 saturated heterocycles. The van der Waals surface area contributed by atoms with Crippen LogP contribution in [0.1, 0.15) is 21.7 Å². The highest BCUT2D eigenvalue weighted by molar-refractivity contribution is 5.92. The maximum atomic E-state index is 12.0. The number of carbonyl (C=O) groups is 2. The molecule has 1 N–H and O–H groups in total. The van der Waals surface area contributed by atoms with Crippen molar-refractivity contribution in [2.45, 2.75) is 20.0 Å². The number of ether oxygens (including phenoxy) is 1. The Bertz CT molecular complexity index is 724. The van der Waals surface area contributed by atoms with E-state index >= 15 is 0 Å². The summed E-state index contributed by atoms with van der Waals surface area (Å²) < 4.78 is 10.3. The monoisotopic (exact) mass is 314 g/mol. The molecular weight excluding hydrogens is 296 g/mol. The van der Waals surface area contributed by atoms with E-state index in [0.29, 0.717) is 6.54 Å². The molecule has 2 heterocycles. The summed E-state index contributed by atoms with van der Waals surface area (Å²) in [6.07, 6.45) is 0.653. The number of carbonyl (C=O) groups excluding carboxylic acids is 2. The summed E-state index contributed by atoms with van der Waals surface area (Å²) in [6, 6.07) is 9.06. The first-order valence-corrected chi connectivity index (χ1v) is 7.41. The minimum Gasteiger partial charge on any atom is -0.459 e. The van der Waals surface area contributed by atoms with E-state index in [1.807, 2.05) is 32.0 Å². The van der Waals surface area contributed by atoms with Gasteiger partial charge < -0.3 is 14.5 Å². The van der Waals surface area contributed by atoms with Crippen molar-refractivity contribution in [2.75, 3.05) is 18.0 Å². The first kappa shape index (κ1) is 15.1. The van der Waals surface area contributed by atoms with Gasteiger partial charge in [-0.25, -0.2) is 4.79 Å². The molecule has 0 spiro atoms. The van der Waals surface area contributed by atoms with Crippen LogP contribution in [-0.4, -0.2) is 31.2 Å². The topological polar surface area (TPSA) is 71.8 Å². The Labute approximate surface area is 134 Å². The van der Waals surface area contributed by atoms with E-state index in [1.54, 1.807) is 17.0 Å². The number of aryl methyl sites for hydroxylation is 2. The van der Waals surface area contributed by atoms with Crippen LogP contribution in [-0.2, 0) is 4.74 Å². The highest BCUT2D eigenvalue weighted by Gasteiger charge is 2.32. The van der Waals surface area contributed by atoms with Gasteiger partial charge in [-0.05, 0) is 49.2 Å². The van der Waals surface area contributed by atoms with Gasteiger partial charge in [-0.15, -0.1) is 0 Å². The Kier molecular flexibility index (Phi) is 4.06. The fourth-order valence-corrected chi connectivity index (χ4v) is 2.43.